The first kappa shape index (κ1) is 19.5. The van der Waals surface area contributed by atoms with Crippen LogP contribution in [0.2, 0.25) is 0 Å². The highest BCUT2D eigenvalue weighted by Gasteiger charge is 2.25. The maximum Gasteiger partial charge on any atom is 0.222 e. The number of para-hydroxylation sites is 1. The largest absolute Gasteiger partial charge is 0.493 e. The van der Waals surface area contributed by atoms with Crippen LogP contribution in [0.5, 0.6) is 5.75 Å². The summed E-state index contributed by atoms with van der Waals surface area (Å²) in [4.78, 5) is 22.5. The standard InChI is InChI=1S/C24H29N3O2/c1-17-6-3-7-18(2)24(17)29-15-5-9-22(28)27-13-10-19(11-14-27)20-16-26-21-8-4-12-25-23(20)21/h3-4,6-8,12,16,19,26H,5,9-11,13-15H2,1-2H3. The number of pyridine rings is 1. The van der Waals surface area contributed by atoms with Crippen molar-refractivity contribution in [2.45, 2.75) is 45.4 Å². The number of benzene rings is 1. The molecule has 1 N–H and O–H groups in total. The van der Waals surface area contributed by atoms with E-state index < -0.39 is 0 Å². The van der Waals surface area contributed by atoms with Gasteiger partial charge in [-0.25, -0.2) is 0 Å². The Labute approximate surface area is 172 Å². The first-order chi connectivity index (χ1) is 14.1. The lowest BCUT2D eigenvalue weighted by Gasteiger charge is -2.32. The number of H-pyrrole nitrogens is 1. The Balaban J connectivity index is 1.24. The van der Waals surface area contributed by atoms with E-state index in [9.17, 15) is 4.79 Å². The van der Waals surface area contributed by atoms with Crippen LogP contribution in [0.3, 0.4) is 0 Å². The highest BCUT2D eigenvalue weighted by molar-refractivity contribution is 5.79. The number of carbonyl (C=O) groups is 1. The molecular weight excluding hydrogens is 362 g/mol. The maximum absolute atomic E-state index is 12.6. The van der Waals surface area contributed by atoms with Gasteiger partial charge in [0.25, 0.3) is 0 Å². The van der Waals surface area contributed by atoms with Crippen molar-refractivity contribution in [1.29, 1.82) is 0 Å². The molecule has 2 aromatic heterocycles. The van der Waals surface area contributed by atoms with Crippen molar-refractivity contribution < 1.29 is 9.53 Å². The van der Waals surface area contributed by atoms with Crippen molar-refractivity contribution in [3.63, 3.8) is 0 Å². The van der Waals surface area contributed by atoms with E-state index in [-0.39, 0.29) is 5.91 Å². The molecule has 3 aromatic rings. The van der Waals surface area contributed by atoms with E-state index in [0.717, 1.165) is 60.3 Å². The third-order valence-electron chi connectivity index (χ3n) is 5.94. The van der Waals surface area contributed by atoms with Crippen molar-refractivity contribution >= 4 is 16.9 Å². The number of rotatable bonds is 6. The van der Waals surface area contributed by atoms with Crippen molar-refractivity contribution in [3.05, 3.63) is 59.4 Å². The molecule has 0 aliphatic carbocycles. The minimum Gasteiger partial charge on any atom is -0.493 e. The van der Waals surface area contributed by atoms with E-state index >= 15 is 0 Å². The molecule has 1 aliphatic rings. The van der Waals surface area contributed by atoms with Crippen LogP contribution in [0.25, 0.3) is 11.0 Å². The van der Waals surface area contributed by atoms with Crippen LogP contribution in [0.1, 0.15) is 48.3 Å². The van der Waals surface area contributed by atoms with Crippen LogP contribution < -0.4 is 4.74 Å². The third-order valence-corrected chi connectivity index (χ3v) is 5.94. The molecule has 1 saturated heterocycles. The van der Waals surface area contributed by atoms with E-state index in [4.69, 9.17) is 4.74 Å². The molecule has 1 aliphatic heterocycles. The summed E-state index contributed by atoms with van der Waals surface area (Å²) in [6.07, 6.45) is 7.22. The minimum atomic E-state index is 0.241. The Hall–Kier alpha value is -2.82. The second-order valence-corrected chi connectivity index (χ2v) is 7.97. The molecule has 1 aromatic carbocycles. The van der Waals surface area contributed by atoms with Gasteiger partial charge in [0.1, 0.15) is 5.75 Å². The molecule has 4 rings (SSSR count). The molecule has 29 heavy (non-hydrogen) atoms. The summed E-state index contributed by atoms with van der Waals surface area (Å²) in [7, 11) is 0. The predicted molar refractivity (Wildman–Crippen MR) is 115 cm³/mol. The Morgan fingerprint density at radius 3 is 2.69 bits per heavy atom. The van der Waals surface area contributed by atoms with Crippen molar-refractivity contribution in [1.82, 2.24) is 14.9 Å². The smallest absolute Gasteiger partial charge is 0.222 e. The molecule has 5 nitrogen and oxygen atoms in total. The number of likely N-dealkylation sites (tertiary alicyclic amines) is 1. The maximum atomic E-state index is 12.6. The number of hydrogen-bond donors (Lipinski definition) is 1. The molecule has 0 atom stereocenters. The molecule has 0 saturated carbocycles. The molecule has 0 bridgehead atoms. The fourth-order valence-electron chi connectivity index (χ4n) is 4.31. The van der Waals surface area contributed by atoms with Gasteiger partial charge in [0.05, 0.1) is 17.6 Å². The monoisotopic (exact) mass is 391 g/mol. The van der Waals surface area contributed by atoms with Gasteiger partial charge in [-0.05, 0) is 67.9 Å². The lowest BCUT2D eigenvalue weighted by molar-refractivity contribution is -0.132. The average molecular weight is 392 g/mol. The van der Waals surface area contributed by atoms with Crippen molar-refractivity contribution in [2.75, 3.05) is 19.7 Å². The highest BCUT2D eigenvalue weighted by Crippen LogP contribution is 2.32. The number of hydrogen-bond acceptors (Lipinski definition) is 3. The van der Waals surface area contributed by atoms with Crippen LogP contribution in [0, 0.1) is 13.8 Å². The lowest BCUT2D eigenvalue weighted by Crippen LogP contribution is -2.37. The molecule has 3 heterocycles. The first-order valence-corrected chi connectivity index (χ1v) is 10.5. The van der Waals surface area contributed by atoms with Crippen LogP contribution in [0.15, 0.2) is 42.7 Å². The summed E-state index contributed by atoms with van der Waals surface area (Å²) in [5.74, 6) is 1.66. The van der Waals surface area contributed by atoms with Crippen molar-refractivity contribution in [2.24, 2.45) is 0 Å². The number of nitrogens with one attached hydrogen (secondary N) is 1. The van der Waals surface area contributed by atoms with Crippen LogP contribution in [-0.4, -0.2) is 40.5 Å². The molecule has 0 spiro atoms. The molecule has 0 radical (unpaired) electrons. The normalized spacial score (nSPS) is 15.0. The quantitative estimate of drug-likeness (QED) is 0.617. The Morgan fingerprint density at radius 1 is 1.17 bits per heavy atom. The molecule has 0 unspecified atom stereocenters. The van der Waals surface area contributed by atoms with Gasteiger partial charge in [-0.15, -0.1) is 0 Å². The Kier molecular flexibility index (Phi) is 5.84. The van der Waals surface area contributed by atoms with E-state index in [0.29, 0.717) is 18.9 Å². The fourth-order valence-corrected chi connectivity index (χ4v) is 4.31. The third kappa shape index (κ3) is 4.29. The predicted octanol–water partition coefficient (Wildman–Crippen LogP) is 4.74. The van der Waals surface area contributed by atoms with Gasteiger partial charge in [0.2, 0.25) is 5.91 Å². The van der Waals surface area contributed by atoms with Gasteiger partial charge >= 0.3 is 0 Å². The summed E-state index contributed by atoms with van der Waals surface area (Å²) < 4.78 is 5.93. The number of aryl methyl sites for hydroxylation is 2. The summed E-state index contributed by atoms with van der Waals surface area (Å²) >= 11 is 0. The lowest BCUT2D eigenvalue weighted by atomic mass is 9.90. The number of fused-ring (bicyclic) bond motifs is 1. The molecule has 1 amide bonds. The van der Waals surface area contributed by atoms with Crippen LogP contribution in [-0.2, 0) is 4.79 Å². The Bertz CT molecular complexity index is 966. The number of aromatic nitrogens is 2. The molecule has 5 heteroatoms. The number of carbonyl (C=O) groups excluding carboxylic acids is 1. The first-order valence-electron chi connectivity index (χ1n) is 10.5. The van der Waals surface area contributed by atoms with Crippen LogP contribution in [0.4, 0.5) is 0 Å². The van der Waals surface area contributed by atoms with Gasteiger partial charge in [0, 0.05) is 31.9 Å². The second-order valence-electron chi connectivity index (χ2n) is 7.97. The van der Waals surface area contributed by atoms with Crippen LogP contribution >= 0.6 is 0 Å². The summed E-state index contributed by atoms with van der Waals surface area (Å²) in [6.45, 7) is 6.33. The summed E-state index contributed by atoms with van der Waals surface area (Å²) in [5, 5.41) is 0. The van der Waals surface area contributed by atoms with E-state index in [1.165, 1.54) is 5.56 Å². The number of aromatic amines is 1. The van der Waals surface area contributed by atoms with Crippen molar-refractivity contribution in [3.8, 4) is 5.75 Å². The molecular formula is C24H29N3O2. The van der Waals surface area contributed by atoms with E-state index in [1.807, 2.05) is 23.2 Å². The zero-order valence-corrected chi connectivity index (χ0v) is 17.3. The van der Waals surface area contributed by atoms with Gasteiger partial charge < -0.3 is 14.6 Å². The number of ether oxygens (including phenoxy) is 1. The Morgan fingerprint density at radius 2 is 1.93 bits per heavy atom. The molecule has 1 fully saturated rings. The summed E-state index contributed by atoms with van der Waals surface area (Å²) in [5.41, 5.74) is 5.73. The fraction of sp³-hybridized carbons (Fsp3) is 0.417. The van der Waals surface area contributed by atoms with Gasteiger partial charge in [-0.3, -0.25) is 9.78 Å². The minimum absolute atomic E-state index is 0.241. The topological polar surface area (TPSA) is 58.2 Å². The number of piperidine rings is 1. The van der Waals surface area contributed by atoms with Gasteiger partial charge in [-0.2, -0.15) is 0 Å². The number of amides is 1. The van der Waals surface area contributed by atoms with Gasteiger partial charge in [0.15, 0.2) is 0 Å². The average Bonchev–Trinajstić information content (AvgIpc) is 3.17. The van der Waals surface area contributed by atoms with E-state index in [2.05, 4.69) is 48.2 Å². The second kappa shape index (κ2) is 8.68. The van der Waals surface area contributed by atoms with E-state index in [1.54, 1.807) is 0 Å². The SMILES string of the molecule is Cc1cccc(C)c1OCCCC(=O)N1CCC(c2c[nH]c3cccnc23)CC1. The van der Waals surface area contributed by atoms with Gasteiger partial charge in [-0.1, -0.05) is 18.2 Å². The highest BCUT2D eigenvalue weighted by atomic mass is 16.5. The zero-order valence-electron chi connectivity index (χ0n) is 17.3. The zero-order chi connectivity index (χ0) is 20.2. The number of nitrogens with zero attached hydrogens (tertiary/aromatic N) is 2. The summed E-state index contributed by atoms with van der Waals surface area (Å²) in [6, 6.07) is 10.2. The molecule has 152 valence electrons.